The zero-order chi connectivity index (χ0) is 19.0. The van der Waals surface area contributed by atoms with Gasteiger partial charge in [0.25, 0.3) is 5.56 Å². The molecule has 1 aliphatic rings. The minimum Gasteiger partial charge on any atom is -0.378 e. The first-order chi connectivity index (χ1) is 13.0. The Kier molecular flexibility index (Phi) is 4.88. The maximum absolute atomic E-state index is 12.6. The van der Waals surface area contributed by atoms with Crippen molar-refractivity contribution in [3.63, 3.8) is 0 Å². The summed E-state index contributed by atoms with van der Waals surface area (Å²) in [6.07, 6.45) is 4.11. The van der Waals surface area contributed by atoms with E-state index >= 15 is 0 Å². The minimum absolute atomic E-state index is 0.106. The number of halogens is 2. The maximum atomic E-state index is 12.6. The number of hydrogen-bond acceptors (Lipinski definition) is 5. The van der Waals surface area contributed by atoms with Gasteiger partial charge in [0, 0.05) is 23.9 Å². The highest BCUT2D eigenvalue weighted by Gasteiger charge is 2.22. The number of fused-ring (bicyclic) bond motifs is 1. The Morgan fingerprint density at radius 1 is 1.26 bits per heavy atom. The van der Waals surface area contributed by atoms with E-state index in [1.807, 2.05) is 11.6 Å². The van der Waals surface area contributed by atoms with E-state index in [9.17, 15) is 4.79 Å². The number of hydrogen-bond donors (Lipinski definition) is 1. The molecule has 0 saturated heterocycles. The van der Waals surface area contributed by atoms with Crippen molar-refractivity contribution in [1.29, 1.82) is 0 Å². The summed E-state index contributed by atoms with van der Waals surface area (Å²) < 4.78 is 3.18. The van der Waals surface area contributed by atoms with E-state index in [1.165, 1.54) is 4.68 Å². The van der Waals surface area contributed by atoms with Crippen LogP contribution in [0.15, 0.2) is 35.3 Å². The molecule has 0 amide bonds. The van der Waals surface area contributed by atoms with Gasteiger partial charge in [0.15, 0.2) is 5.82 Å². The molecule has 1 aromatic carbocycles. The third-order valence-corrected chi connectivity index (χ3v) is 5.19. The molecule has 3 aromatic rings. The summed E-state index contributed by atoms with van der Waals surface area (Å²) in [5.41, 5.74) is 0.751. The Morgan fingerprint density at radius 3 is 2.78 bits per heavy atom. The summed E-state index contributed by atoms with van der Waals surface area (Å²) in [7, 11) is 0. The summed E-state index contributed by atoms with van der Waals surface area (Å²) >= 11 is 12.2. The molecule has 0 saturated carbocycles. The molecule has 3 heterocycles. The standard InChI is InChI=1S/C18H18Cl2N6O/c1-2-15-23-16-8-5-12(10-25(16)24-15)22-14-9-21-26(18(27)17(14)20)13-6-3-11(19)4-7-13/h3-4,6-7,9,12,22H,2,5,8,10H2,1H3. The molecular weight excluding hydrogens is 387 g/mol. The third-order valence-electron chi connectivity index (χ3n) is 4.57. The fraction of sp³-hybridized carbons (Fsp3) is 0.333. The monoisotopic (exact) mass is 404 g/mol. The van der Waals surface area contributed by atoms with Crippen LogP contribution in [0.5, 0.6) is 0 Å². The predicted octanol–water partition coefficient (Wildman–Crippen LogP) is 3.12. The summed E-state index contributed by atoms with van der Waals surface area (Å²) in [6, 6.07) is 6.95. The van der Waals surface area contributed by atoms with E-state index in [0.29, 0.717) is 22.9 Å². The number of benzene rings is 1. The van der Waals surface area contributed by atoms with Crippen LogP contribution in [0.1, 0.15) is 25.0 Å². The number of rotatable bonds is 4. The summed E-state index contributed by atoms with van der Waals surface area (Å²) in [6.45, 7) is 2.72. The van der Waals surface area contributed by atoms with Gasteiger partial charge in [-0.25, -0.2) is 9.67 Å². The Morgan fingerprint density at radius 2 is 2.04 bits per heavy atom. The van der Waals surface area contributed by atoms with Gasteiger partial charge >= 0.3 is 0 Å². The maximum Gasteiger partial charge on any atom is 0.292 e. The summed E-state index contributed by atoms with van der Waals surface area (Å²) in [5, 5.41) is 12.8. The molecule has 4 rings (SSSR count). The third kappa shape index (κ3) is 3.57. The lowest BCUT2D eigenvalue weighted by molar-refractivity contribution is 0.440. The van der Waals surface area contributed by atoms with Gasteiger partial charge in [-0.3, -0.25) is 4.79 Å². The van der Waals surface area contributed by atoms with Gasteiger partial charge in [0.1, 0.15) is 10.8 Å². The quantitative estimate of drug-likeness (QED) is 0.722. The zero-order valence-corrected chi connectivity index (χ0v) is 16.2. The summed E-state index contributed by atoms with van der Waals surface area (Å²) in [5.74, 6) is 1.86. The molecule has 0 bridgehead atoms. The molecule has 1 unspecified atom stereocenters. The largest absolute Gasteiger partial charge is 0.378 e. The molecule has 2 aromatic heterocycles. The van der Waals surface area contributed by atoms with Gasteiger partial charge in [0.05, 0.1) is 24.1 Å². The van der Waals surface area contributed by atoms with Crippen LogP contribution < -0.4 is 10.9 Å². The number of aromatic nitrogens is 5. The van der Waals surface area contributed by atoms with Gasteiger partial charge in [0.2, 0.25) is 0 Å². The lowest BCUT2D eigenvalue weighted by Crippen LogP contribution is -2.33. The van der Waals surface area contributed by atoms with Gasteiger partial charge < -0.3 is 5.32 Å². The van der Waals surface area contributed by atoms with Gasteiger partial charge in [-0.1, -0.05) is 30.1 Å². The van der Waals surface area contributed by atoms with Crippen molar-refractivity contribution in [1.82, 2.24) is 24.5 Å². The second-order valence-electron chi connectivity index (χ2n) is 6.43. The van der Waals surface area contributed by atoms with Crippen LogP contribution in [0.4, 0.5) is 5.69 Å². The first kappa shape index (κ1) is 18.0. The van der Waals surface area contributed by atoms with Crippen LogP contribution in [-0.4, -0.2) is 30.6 Å². The summed E-state index contributed by atoms with van der Waals surface area (Å²) in [4.78, 5) is 17.1. The van der Waals surface area contributed by atoms with E-state index < -0.39 is 0 Å². The fourth-order valence-electron chi connectivity index (χ4n) is 3.15. The van der Waals surface area contributed by atoms with Crippen LogP contribution in [0.2, 0.25) is 10.0 Å². The average Bonchev–Trinajstić information content (AvgIpc) is 3.09. The molecule has 1 atom stereocenters. The molecule has 1 aliphatic heterocycles. The molecule has 27 heavy (non-hydrogen) atoms. The van der Waals surface area contributed by atoms with E-state index in [4.69, 9.17) is 23.2 Å². The normalized spacial score (nSPS) is 16.2. The van der Waals surface area contributed by atoms with Crippen LogP contribution in [0.25, 0.3) is 5.69 Å². The van der Waals surface area contributed by atoms with E-state index in [0.717, 1.165) is 30.9 Å². The van der Waals surface area contributed by atoms with E-state index in [-0.39, 0.29) is 16.6 Å². The number of anilines is 1. The Hall–Kier alpha value is -2.38. The molecule has 7 nitrogen and oxygen atoms in total. The lowest BCUT2D eigenvalue weighted by atomic mass is 10.1. The van der Waals surface area contributed by atoms with Crippen molar-refractivity contribution in [3.8, 4) is 5.69 Å². The van der Waals surface area contributed by atoms with E-state index in [2.05, 4.69) is 20.5 Å². The second-order valence-corrected chi connectivity index (χ2v) is 7.24. The Balaban J connectivity index is 1.56. The van der Waals surface area contributed by atoms with Gasteiger partial charge in [-0.05, 0) is 30.7 Å². The Labute approximate surface area is 165 Å². The van der Waals surface area contributed by atoms with Crippen LogP contribution in [-0.2, 0) is 19.4 Å². The molecule has 0 fully saturated rings. The first-order valence-electron chi connectivity index (χ1n) is 8.78. The molecule has 9 heteroatoms. The molecule has 0 radical (unpaired) electrons. The van der Waals surface area contributed by atoms with Crippen LogP contribution in [0, 0.1) is 0 Å². The predicted molar refractivity (Wildman–Crippen MR) is 105 cm³/mol. The van der Waals surface area contributed by atoms with Crippen molar-refractivity contribution >= 4 is 28.9 Å². The highest BCUT2D eigenvalue weighted by molar-refractivity contribution is 6.33. The van der Waals surface area contributed by atoms with Crippen LogP contribution >= 0.6 is 23.2 Å². The molecule has 0 aliphatic carbocycles. The Bertz CT molecular complexity index is 1030. The van der Waals surface area contributed by atoms with E-state index in [1.54, 1.807) is 30.5 Å². The first-order valence-corrected chi connectivity index (χ1v) is 9.53. The molecular formula is C18H18Cl2N6O. The van der Waals surface area contributed by atoms with Crippen molar-refractivity contribution in [2.24, 2.45) is 0 Å². The van der Waals surface area contributed by atoms with Gasteiger partial charge in [-0.2, -0.15) is 14.9 Å². The molecule has 1 N–H and O–H groups in total. The number of aryl methyl sites for hydroxylation is 2. The van der Waals surface area contributed by atoms with Crippen LogP contribution in [0.3, 0.4) is 0 Å². The number of nitrogens with zero attached hydrogens (tertiary/aromatic N) is 5. The fourth-order valence-corrected chi connectivity index (χ4v) is 3.46. The zero-order valence-electron chi connectivity index (χ0n) is 14.7. The average molecular weight is 405 g/mol. The SMILES string of the molecule is CCc1nc2n(n1)CC(Nc1cnn(-c3ccc(Cl)cc3)c(=O)c1Cl)CC2. The van der Waals surface area contributed by atoms with Crippen molar-refractivity contribution < 1.29 is 0 Å². The number of nitrogens with one attached hydrogen (secondary N) is 1. The topological polar surface area (TPSA) is 77.6 Å². The molecule has 140 valence electrons. The molecule has 0 spiro atoms. The lowest BCUT2D eigenvalue weighted by Gasteiger charge is -2.24. The van der Waals surface area contributed by atoms with Crippen molar-refractivity contribution in [3.05, 3.63) is 62.5 Å². The van der Waals surface area contributed by atoms with Crippen molar-refractivity contribution in [2.45, 2.75) is 38.8 Å². The smallest absolute Gasteiger partial charge is 0.292 e. The second kappa shape index (κ2) is 7.32. The highest BCUT2D eigenvalue weighted by atomic mass is 35.5. The highest BCUT2D eigenvalue weighted by Crippen LogP contribution is 2.22. The minimum atomic E-state index is -0.380. The van der Waals surface area contributed by atoms with Crippen molar-refractivity contribution in [2.75, 3.05) is 5.32 Å². The van der Waals surface area contributed by atoms with Gasteiger partial charge in [-0.15, -0.1) is 0 Å².